The van der Waals surface area contributed by atoms with Crippen LogP contribution in [0.3, 0.4) is 0 Å². The van der Waals surface area contributed by atoms with E-state index in [0.29, 0.717) is 45.6 Å². The molecule has 2 aromatic rings. The minimum Gasteiger partial charge on any atom is -0.481 e. The first-order chi connectivity index (χ1) is 12.0. The lowest BCUT2D eigenvalue weighted by molar-refractivity contribution is -0.141. The molecule has 8 heteroatoms. The van der Waals surface area contributed by atoms with Gasteiger partial charge in [-0.05, 0) is 31.4 Å². The molecule has 1 heterocycles. The molecule has 128 valence electrons. The van der Waals surface area contributed by atoms with E-state index in [-0.39, 0.29) is 11.8 Å². The number of carbonyl (C=O) groups is 2. The van der Waals surface area contributed by atoms with E-state index in [0.717, 1.165) is 11.3 Å². The highest BCUT2D eigenvalue weighted by molar-refractivity contribution is 7.16. The van der Waals surface area contributed by atoms with E-state index in [9.17, 15) is 14.9 Å². The van der Waals surface area contributed by atoms with Gasteiger partial charge in [0.1, 0.15) is 16.6 Å². The lowest BCUT2D eigenvalue weighted by Gasteiger charge is -2.08. The van der Waals surface area contributed by atoms with Crippen LogP contribution in [0, 0.1) is 23.2 Å². The number of halogens is 1. The minimum absolute atomic E-state index is 0.250. The normalized spacial score (nSPS) is 19.4. The first-order valence-electron chi connectivity index (χ1n) is 7.68. The smallest absolute Gasteiger partial charge is 0.306 e. The number of carboxylic acids is 1. The molecule has 0 aliphatic heterocycles. The van der Waals surface area contributed by atoms with Gasteiger partial charge in [-0.3, -0.25) is 9.59 Å². The van der Waals surface area contributed by atoms with Crippen LogP contribution in [0.4, 0.5) is 5.13 Å². The minimum atomic E-state index is -0.862. The van der Waals surface area contributed by atoms with E-state index in [1.54, 1.807) is 24.3 Å². The topological polar surface area (TPSA) is 103 Å². The van der Waals surface area contributed by atoms with Crippen molar-refractivity contribution in [2.75, 3.05) is 5.32 Å². The number of hydrogen-bond donors (Lipinski definition) is 2. The largest absolute Gasteiger partial charge is 0.481 e. The molecule has 0 bridgehead atoms. The SMILES string of the molecule is N#Cc1sc(NC(=O)[C@@H]2CC[C@@H](C(=O)O)C2)nc1-c1cccc(Cl)c1. The number of carboxylic acid groups (broad SMARTS) is 1. The highest BCUT2D eigenvalue weighted by Gasteiger charge is 2.34. The third-order valence-electron chi connectivity index (χ3n) is 4.21. The van der Waals surface area contributed by atoms with Crippen LogP contribution in [-0.4, -0.2) is 22.0 Å². The number of benzene rings is 1. The van der Waals surface area contributed by atoms with Crippen LogP contribution in [0.1, 0.15) is 24.1 Å². The zero-order chi connectivity index (χ0) is 18.0. The Morgan fingerprint density at radius 3 is 2.76 bits per heavy atom. The molecule has 2 atom stereocenters. The Morgan fingerprint density at radius 2 is 2.12 bits per heavy atom. The number of nitrogens with zero attached hydrogens (tertiary/aromatic N) is 2. The van der Waals surface area contributed by atoms with Crippen molar-refractivity contribution in [1.29, 1.82) is 5.26 Å². The van der Waals surface area contributed by atoms with Gasteiger partial charge < -0.3 is 10.4 Å². The molecule has 0 spiro atoms. The zero-order valence-electron chi connectivity index (χ0n) is 13.0. The lowest BCUT2D eigenvalue weighted by Crippen LogP contribution is -2.21. The number of nitriles is 1. The molecule has 0 radical (unpaired) electrons. The first kappa shape index (κ1) is 17.4. The number of amides is 1. The summed E-state index contributed by atoms with van der Waals surface area (Å²) in [6.07, 6.45) is 1.38. The average Bonchev–Trinajstić information content (AvgIpc) is 3.21. The van der Waals surface area contributed by atoms with Gasteiger partial charge in [0, 0.05) is 16.5 Å². The Kier molecular flexibility index (Phi) is 5.02. The van der Waals surface area contributed by atoms with Gasteiger partial charge in [-0.1, -0.05) is 35.1 Å². The second-order valence-electron chi connectivity index (χ2n) is 5.85. The molecule has 0 saturated heterocycles. The van der Waals surface area contributed by atoms with Crippen LogP contribution >= 0.6 is 22.9 Å². The maximum absolute atomic E-state index is 12.3. The van der Waals surface area contributed by atoms with Gasteiger partial charge in [-0.15, -0.1) is 0 Å². The number of aromatic nitrogens is 1. The molecule has 1 saturated carbocycles. The predicted octanol–water partition coefficient (Wildman–Crippen LogP) is 3.77. The van der Waals surface area contributed by atoms with E-state index >= 15 is 0 Å². The van der Waals surface area contributed by atoms with Gasteiger partial charge in [0.25, 0.3) is 0 Å². The summed E-state index contributed by atoms with van der Waals surface area (Å²) < 4.78 is 0. The van der Waals surface area contributed by atoms with Crippen molar-refractivity contribution in [2.45, 2.75) is 19.3 Å². The second-order valence-corrected chi connectivity index (χ2v) is 7.29. The fourth-order valence-corrected chi connectivity index (χ4v) is 3.91. The van der Waals surface area contributed by atoms with Crippen molar-refractivity contribution >= 4 is 39.9 Å². The molecule has 2 N–H and O–H groups in total. The maximum Gasteiger partial charge on any atom is 0.306 e. The molecule has 1 aliphatic carbocycles. The number of carbonyl (C=O) groups excluding carboxylic acids is 1. The Bertz CT molecular complexity index is 874. The van der Waals surface area contributed by atoms with E-state index in [4.69, 9.17) is 16.7 Å². The Hall–Kier alpha value is -2.43. The number of nitrogens with one attached hydrogen (secondary N) is 1. The first-order valence-corrected chi connectivity index (χ1v) is 8.88. The van der Waals surface area contributed by atoms with Crippen molar-refractivity contribution in [3.05, 3.63) is 34.2 Å². The molecular formula is C17H14ClN3O3S. The Morgan fingerprint density at radius 1 is 1.36 bits per heavy atom. The van der Waals surface area contributed by atoms with Gasteiger partial charge in [0.05, 0.1) is 5.92 Å². The van der Waals surface area contributed by atoms with Gasteiger partial charge in [0.2, 0.25) is 5.91 Å². The Balaban J connectivity index is 1.77. The molecular weight excluding hydrogens is 362 g/mol. The number of thiazole rings is 1. The van der Waals surface area contributed by atoms with E-state index in [2.05, 4.69) is 16.4 Å². The molecule has 1 fully saturated rings. The van der Waals surface area contributed by atoms with Gasteiger partial charge >= 0.3 is 5.97 Å². The van der Waals surface area contributed by atoms with E-state index in [1.807, 2.05) is 0 Å². The molecule has 3 rings (SSSR count). The molecule has 0 unspecified atom stereocenters. The second kappa shape index (κ2) is 7.21. The highest BCUT2D eigenvalue weighted by Crippen LogP contribution is 2.34. The summed E-state index contributed by atoms with van der Waals surface area (Å²) in [6.45, 7) is 0. The molecule has 1 aromatic heterocycles. The van der Waals surface area contributed by atoms with Crippen LogP contribution in [-0.2, 0) is 9.59 Å². The van der Waals surface area contributed by atoms with Crippen LogP contribution in [0.5, 0.6) is 0 Å². The average molecular weight is 376 g/mol. The van der Waals surface area contributed by atoms with Crippen molar-refractivity contribution in [3.63, 3.8) is 0 Å². The van der Waals surface area contributed by atoms with E-state index < -0.39 is 11.9 Å². The molecule has 6 nitrogen and oxygen atoms in total. The van der Waals surface area contributed by atoms with Crippen LogP contribution in [0.2, 0.25) is 5.02 Å². The van der Waals surface area contributed by atoms with Crippen LogP contribution in [0.15, 0.2) is 24.3 Å². The van der Waals surface area contributed by atoms with Crippen molar-refractivity contribution in [3.8, 4) is 17.3 Å². The highest BCUT2D eigenvalue weighted by atomic mass is 35.5. The quantitative estimate of drug-likeness (QED) is 0.846. The van der Waals surface area contributed by atoms with Crippen molar-refractivity contribution < 1.29 is 14.7 Å². The maximum atomic E-state index is 12.3. The number of anilines is 1. The molecule has 25 heavy (non-hydrogen) atoms. The standard InChI is InChI=1S/C17H14ClN3O3S/c18-12-3-1-2-9(7-12)14-13(8-19)25-17(20-14)21-15(22)10-4-5-11(6-10)16(23)24/h1-3,7,10-11H,4-6H2,(H,23,24)(H,20,21,22)/t10-,11-/m1/s1. The summed E-state index contributed by atoms with van der Waals surface area (Å²) in [4.78, 5) is 28.1. The zero-order valence-corrected chi connectivity index (χ0v) is 14.6. The van der Waals surface area contributed by atoms with Gasteiger partial charge in [0.15, 0.2) is 5.13 Å². The summed E-state index contributed by atoms with van der Waals surface area (Å²) in [6, 6.07) is 9.07. The lowest BCUT2D eigenvalue weighted by atomic mass is 10.0. The fourth-order valence-electron chi connectivity index (χ4n) is 2.93. The van der Waals surface area contributed by atoms with Gasteiger partial charge in [-0.25, -0.2) is 4.98 Å². The summed E-state index contributed by atoms with van der Waals surface area (Å²) in [5, 5.41) is 21.9. The van der Waals surface area contributed by atoms with Crippen molar-refractivity contribution in [1.82, 2.24) is 4.98 Å². The Labute approximate surface area is 153 Å². The molecule has 1 aromatic carbocycles. The monoisotopic (exact) mass is 375 g/mol. The van der Waals surface area contributed by atoms with Crippen LogP contribution in [0.25, 0.3) is 11.3 Å². The third kappa shape index (κ3) is 3.81. The predicted molar refractivity (Wildman–Crippen MR) is 94.4 cm³/mol. The third-order valence-corrected chi connectivity index (χ3v) is 5.32. The summed E-state index contributed by atoms with van der Waals surface area (Å²) >= 11 is 7.07. The number of rotatable bonds is 4. The summed E-state index contributed by atoms with van der Waals surface area (Å²) in [7, 11) is 0. The van der Waals surface area contributed by atoms with Gasteiger partial charge in [-0.2, -0.15) is 5.26 Å². The number of hydrogen-bond acceptors (Lipinski definition) is 5. The number of aliphatic carboxylic acids is 1. The molecule has 1 aliphatic rings. The van der Waals surface area contributed by atoms with E-state index in [1.165, 1.54) is 0 Å². The van der Waals surface area contributed by atoms with Crippen molar-refractivity contribution in [2.24, 2.45) is 11.8 Å². The fraction of sp³-hybridized carbons (Fsp3) is 0.294. The summed E-state index contributed by atoms with van der Waals surface area (Å²) in [5.74, 6) is -1.92. The van der Waals surface area contributed by atoms with Crippen LogP contribution < -0.4 is 5.32 Å². The molecule has 1 amide bonds. The summed E-state index contributed by atoms with van der Waals surface area (Å²) in [5.41, 5.74) is 1.17.